The van der Waals surface area contributed by atoms with Crippen LogP contribution in [-0.4, -0.2) is 31.3 Å². The van der Waals surface area contributed by atoms with Crippen LogP contribution in [0.2, 0.25) is 15.1 Å². The zero-order chi connectivity index (χ0) is 20.2. The fourth-order valence-electron chi connectivity index (χ4n) is 2.03. The van der Waals surface area contributed by atoms with Crippen molar-refractivity contribution in [2.75, 3.05) is 30.4 Å². The van der Waals surface area contributed by atoms with E-state index in [0.717, 1.165) is 6.07 Å². The van der Waals surface area contributed by atoms with Crippen molar-refractivity contribution >= 4 is 52.4 Å². The molecular weight excluding hydrogens is 430 g/mol. The van der Waals surface area contributed by atoms with Crippen LogP contribution in [0.15, 0.2) is 30.5 Å². The number of nitrogens with one attached hydrogen (secondary N) is 1. The number of hydrogen-bond donors (Lipinski definition) is 1. The summed E-state index contributed by atoms with van der Waals surface area (Å²) in [7, 11) is 1.56. The lowest BCUT2D eigenvalue weighted by molar-refractivity contribution is -0.137. The summed E-state index contributed by atoms with van der Waals surface area (Å²) in [6, 6.07) is 5.28. The Morgan fingerprint density at radius 2 is 1.81 bits per heavy atom. The molecule has 0 bridgehead atoms. The lowest BCUT2D eigenvalue weighted by Crippen LogP contribution is -2.26. The first-order chi connectivity index (χ1) is 12.6. The Hall–Kier alpha value is -1.90. The fraction of sp³-hybridized carbons (Fsp3) is 0.250. The van der Waals surface area contributed by atoms with Gasteiger partial charge in [0.2, 0.25) is 0 Å². The first kappa shape index (κ1) is 21.4. The Labute approximate surface area is 168 Å². The summed E-state index contributed by atoms with van der Waals surface area (Å²) >= 11 is 17.5. The molecule has 27 heavy (non-hydrogen) atoms. The molecule has 5 nitrogen and oxygen atoms in total. The van der Waals surface area contributed by atoms with E-state index in [1.54, 1.807) is 7.05 Å². The van der Waals surface area contributed by atoms with Crippen molar-refractivity contribution in [3.8, 4) is 0 Å². The topological polar surface area (TPSA) is 54.5 Å². The number of hydrogen-bond acceptors (Lipinski definition) is 4. The van der Waals surface area contributed by atoms with E-state index in [0.29, 0.717) is 21.9 Å². The Morgan fingerprint density at radius 1 is 1.19 bits per heavy atom. The average Bonchev–Trinajstić information content (AvgIpc) is 2.52. The van der Waals surface area contributed by atoms with Gasteiger partial charge in [0.25, 0.3) is 0 Å². The Kier molecular flexibility index (Phi) is 7.02. The molecule has 1 heterocycles. The van der Waals surface area contributed by atoms with Gasteiger partial charge in [0.15, 0.2) is 0 Å². The summed E-state index contributed by atoms with van der Waals surface area (Å²) in [4.78, 5) is 17.0. The molecule has 11 heteroatoms. The van der Waals surface area contributed by atoms with E-state index in [-0.39, 0.29) is 24.0 Å². The molecule has 0 aliphatic heterocycles. The third-order valence-electron chi connectivity index (χ3n) is 3.28. The summed E-state index contributed by atoms with van der Waals surface area (Å²) in [5.74, 6) is 0.135. The zero-order valence-electron chi connectivity index (χ0n) is 13.8. The minimum absolute atomic E-state index is 0.0599. The highest BCUT2D eigenvalue weighted by Gasteiger charge is 2.31. The van der Waals surface area contributed by atoms with Crippen molar-refractivity contribution in [1.82, 2.24) is 4.98 Å². The van der Waals surface area contributed by atoms with Crippen molar-refractivity contribution in [3.63, 3.8) is 0 Å². The van der Waals surface area contributed by atoms with Crippen LogP contribution >= 0.6 is 34.8 Å². The molecule has 2 rings (SSSR count). The van der Waals surface area contributed by atoms with Gasteiger partial charge >= 0.3 is 12.3 Å². The first-order valence-electron chi connectivity index (χ1n) is 7.40. The molecule has 0 saturated heterocycles. The normalized spacial score (nSPS) is 11.2. The lowest BCUT2D eigenvalue weighted by Gasteiger charge is -2.20. The monoisotopic (exact) mass is 441 g/mol. The van der Waals surface area contributed by atoms with E-state index in [1.807, 2.05) is 0 Å². The number of ether oxygens (including phenoxy) is 1. The highest BCUT2D eigenvalue weighted by atomic mass is 35.5. The van der Waals surface area contributed by atoms with Crippen LogP contribution in [0.4, 0.5) is 29.5 Å². The van der Waals surface area contributed by atoms with Crippen LogP contribution < -0.4 is 10.2 Å². The first-order valence-corrected chi connectivity index (χ1v) is 8.53. The largest absolute Gasteiger partial charge is 0.447 e. The number of amides is 1. The molecule has 0 radical (unpaired) electrons. The maximum Gasteiger partial charge on any atom is 0.417 e. The van der Waals surface area contributed by atoms with E-state index in [2.05, 4.69) is 10.3 Å². The van der Waals surface area contributed by atoms with Gasteiger partial charge in [0.1, 0.15) is 12.4 Å². The Morgan fingerprint density at radius 3 is 2.37 bits per heavy atom. The molecule has 0 unspecified atom stereocenters. The number of anilines is 2. The molecule has 0 fully saturated rings. The van der Waals surface area contributed by atoms with Crippen molar-refractivity contribution in [3.05, 3.63) is 51.1 Å². The van der Waals surface area contributed by atoms with Crippen molar-refractivity contribution in [2.24, 2.45) is 0 Å². The smallest absolute Gasteiger partial charge is 0.417 e. The summed E-state index contributed by atoms with van der Waals surface area (Å²) in [5, 5.41) is 2.99. The molecule has 0 aliphatic rings. The number of carbonyl (C=O) groups is 1. The van der Waals surface area contributed by atoms with Gasteiger partial charge in [0, 0.05) is 29.0 Å². The summed E-state index contributed by atoms with van der Waals surface area (Å²) in [6.45, 7) is 0.0947. The second-order valence-electron chi connectivity index (χ2n) is 5.37. The molecule has 0 atom stereocenters. The SMILES string of the molecule is CN(CCOC(=O)Nc1cc(Cl)cc(Cl)c1)c1ncc(C(F)(F)F)cc1Cl. The third kappa shape index (κ3) is 6.34. The molecule has 0 spiro atoms. The quantitative estimate of drug-likeness (QED) is 0.641. The van der Waals surface area contributed by atoms with Crippen LogP contribution in [0.5, 0.6) is 0 Å². The van der Waals surface area contributed by atoms with Gasteiger partial charge < -0.3 is 9.64 Å². The van der Waals surface area contributed by atoms with E-state index >= 15 is 0 Å². The van der Waals surface area contributed by atoms with Crippen molar-refractivity contribution in [1.29, 1.82) is 0 Å². The van der Waals surface area contributed by atoms with Gasteiger partial charge in [-0.1, -0.05) is 34.8 Å². The maximum absolute atomic E-state index is 12.6. The second kappa shape index (κ2) is 8.86. The number of rotatable bonds is 5. The predicted molar refractivity (Wildman–Crippen MR) is 99.0 cm³/mol. The minimum Gasteiger partial charge on any atom is -0.447 e. The number of carbonyl (C=O) groups excluding carboxylic acids is 1. The van der Waals surface area contributed by atoms with E-state index in [4.69, 9.17) is 39.5 Å². The van der Waals surface area contributed by atoms with Crippen molar-refractivity contribution in [2.45, 2.75) is 6.18 Å². The molecule has 1 amide bonds. The predicted octanol–water partition coefficient (Wildman–Crippen LogP) is 5.75. The van der Waals surface area contributed by atoms with E-state index in [9.17, 15) is 18.0 Å². The third-order valence-corrected chi connectivity index (χ3v) is 3.99. The van der Waals surface area contributed by atoms with E-state index < -0.39 is 17.8 Å². The molecule has 2 aromatic rings. The average molecular weight is 443 g/mol. The van der Waals surface area contributed by atoms with Crippen LogP contribution in [-0.2, 0) is 10.9 Å². The van der Waals surface area contributed by atoms with Gasteiger partial charge in [-0.05, 0) is 24.3 Å². The number of benzene rings is 1. The molecule has 146 valence electrons. The zero-order valence-corrected chi connectivity index (χ0v) is 16.0. The van der Waals surface area contributed by atoms with Crippen LogP contribution in [0.25, 0.3) is 0 Å². The number of halogens is 6. The van der Waals surface area contributed by atoms with Gasteiger partial charge in [-0.2, -0.15) is 13.2 Å². The maximum atomic E-state index is 12.6. The van der Waals surface area contributed by atoms with E-state index in [1.165, 1.54) is 23.1 Å². The lowest BCUT2D eigenvalue weighted by atomic mass is 10.2. The fourth-order valence-corrected chi connectivity index (χ4v) is 2.86. The van der Waals surface area contributed by atoms with Crippen LogP contribution in [0.1, 0.15) is 5.56 Å². The number of aromatic nitrogens is 1. The second-order valence-corrected chi connectivity index (χ2v) is 6.65. The highest BCUT2D eigenvalue weighted by molar-refractivity contribution is 6.35. The summed E-state index contributed by atoms with van der Waals surface area (Å²) < 4.78 is 42.9. The van der Waals surface area contributed by atoms with Gasteiger partial charge in [0.05, 0.1) is 17.1 Å². The Bertz CT molecular complexity index is 814. The molecule has 0 saturated carbocycles. The van der Waals surface area contributed by atoms with Crippen molar-refractivity contribution < 1.29 is 22.7 Å². The number of likely N-dealkylation sites (N-methyl/N-ethyl adjacent to an activating group) is 1. The Balaban J connectivity index is 1.88. The summed E-state index contributed by atoms with van der Waals surface area (Å²) in [6.07, 6.45) is -4.58. The van der Waals surface area contributed by atoms with Crippen LogP contribution in [0.3, 0.4) is 0 Å². The number of pyridine rings is 1. The standard InChI is InChI=1S/C16H13Cl3F3N3O2/c1-25(14-13(19)4-9(8-23-14)16(20,21)22)2-3-27-15(26)24-12-6-10(17)5-11(18)7-12/h4-8H,2-3H2,1H3,(H,24,26). The number of alkyl halides is 3. The minimum atomic E-state index is -4.53. The van der Waals surface area contributed by atoms with Gasteiger partial charge in [-0.15, -0.1) is 0 Å². The molecular formula is C16H13Cl3F3N3O2. The molecule has 0 aliphatic carbocycles. The number of nitrogens with zero attached hydrogens (tertiary/aromatic N) is 2. The molecule has 1 aromatic heterocycles. The highest BCUT2D eigenvalue weighted by Crippen LogP contribution is 2.33. The van der Waals surface area contributed by atoms with Crippen LogP contribution in [0, 0.1) is 0 Å². The molecule has 1 N–H and O–H groups in total. The van der Waals surface area contributed by atoms with Gasteiger partial charge in [-0.25, -0.2) is 9.78 Å². The van der Waals surface area contributed by atoms with Gasteiger partial charge in [-0.3, -0.25) is 5.32 Å². The summed E-state index contributed by atoms with van der Waals surface area (Å²) in [5.41, 5.74) is -0.584. The molecule has 1 aromatic carbocycles.